The quantitative estimate of drug-likeness (QED) is 0.837. The van der Waals surface area contributed by atoms with Gasteiger partial charge in [0.05, 0.1) is 23.8 Å². The Balaban J connectivity index is 1.66. The lowest BCUT2D eigenvalue weighted by molar-refractivity contribution is 0.0533. The van der Waals surface area contributed by atoms with Crippen molar-refractivity contribution >= 4 is 11.8 Å². The Kier molecular flexibility index (Phi) is 5.72. The van der Waals surface area contributed by atoms with Crippen LogP contribution in [0.25, 0.3) is 0 Å². The van der Waals surface area contributed by atoms with Gasteiger partial charge in [0.2, 0.25) is 0 Å². The fraction of sp³-hybridized carbons (Fsp3) is 0.286. The molecule has 1 heterocycles. The van der Waals surface area contributed by atoms with E-state index in [-0.39, 0.29) is 11.8 Å². The van der Waals surface area contributed by atoms with Gasteiger partial charge in [0.25, 0.3) is 11.8 Å². The topological polar surface area (TPSA) is 73.6 Å². The van der Waals surface area contributed by atoms with E-state index in [1.54, 1.807) is 46.2 Å². The molecule has 0 saturated carbocycles. The molecule has 0 aromatic heterocycles. The molecule has 0 unspecified atom stereocenters. The van der Waals surface area contributed by atoms with E-state index in [0.29, 0.717) is 55.2 Å². The molecule has 0 radical (unpaired) electrons. The van der Waals surface area contributed by atoms with Gasteiger partial charge in [-0.2, -0.15) is 5.26 Å². The highest BCUT2D eigenvalue weighted by atomic mass is 16.5. The second-order valence-corrected chi connectivity index (χ2v) is 6.21. The number of carbonyl (C=O) groups excluding carboxylic acids is 2. The van der Waals surface area contributed by atoms with Gasteiger partial charge in [-0.3, -0.25) is 9.59 Å². The number of ether oxygens (including phenoxy) is 1. The number of hydrogen-bond donors (Lipinski definition) is 0. The van der Waals surface area contributed by atoms with Crippen LogP contribution in [0.3, 0.4) is 0 Å². The van der Waals surface area contributed by atoms with Crippen LogP contribution in [0.4, 0.5) is 0 Å². The molecular formula is C21H21N3O3. The smallest absolute Gasteiger partial charge is 0.257 e. The molecule has 6 heteroatoms. The van der Waals surface area contributed by atoms with Gasteiger partial charge in [-0.05, 0) is 37.3 Å². The standard InChI is InChI=1S/C21H21N3O3/c1-2-27-19-9-4-3-8-18(19)21(26)24-12-10-23(11-13-24)20(25)17-7-5-6-16(14-17)15-22/h3-9,14H,2,10-13H2,1H3. The van der Waals surface area contributed by atoms with Gasteiger partial charge < -0.3 is 14.5 Å². The first-order valence-corrected chi connectivity index (χ1v) is 8.94. The summed E-state index contributed by atoms with van der Waals surface area (Å²) in [5.41, 5.74) is 1.50. The molecule has 2 aromatic rings. The molecule has 0 aliphatic carbocycles. The second kappa shape index (κ2) is 8.37. The Hall–Kier alpha value is -3.33. The molecule has 0 spiro atoms. The van der Waals surface area contributed by atoms with Crippen LogP contribution < -0.4 is 4.74 Å². The van der Waals surface area contributed by atoms with Gasteiger partial charge in [0.15, 0.2) is 0 Å². The highest BCUT2D eigenvalue weighted by Crippen LogP contribution is 2.21. The monoisotopic (exact) mass is 363 g/mol. The first-order chi connectivity index (χ1) is 13.1. The molecule has 6 nitrogen and oxygen atoms in total. The Morgan fingerprint density at radius 1 is 1.00 bits per heavy atom. The number of benzene rings is 2. The SMILES string of the molecule is CCOc1ccccc1C(=O)N1CCN(C(=O)c2cccc(C#N)c2)CC1. The number of piperazine rings is 1. The van der Waals surface area contributed by atoms with Gasteiger partial charge in [0, 0.05) is 31.7 Å². The zero-order chi connectivity index (χ0) is 19.2. The largest absolute Gasteiger partial charge is 0.493 e. The minimum Gasteiger partial charge on any atom is -0.493 e. The average Bonchev–Trinajstić information content (AvgIpc) is 2.73. The third kappa shape index (κ3) is 4.09. The van der Waals surface area contributed by atoms with Crippen LogP contribution in [-0.4, -0.2) is 54.4 Å². The molecule has 1 aliphatic rings. The van der Waals surface area contributed by atoms with Gasteiger partial charge in [-0.25, -0.2) is 0 Å². The minimum absolute atomic E-state index is 0.0855. The van der Waals surface area contributed by atoms with Gasteiger partial charge in [0.1, 0.15) is 5.75 Å². The van der Waals surface area contributed by atoms with Crippen LogP contribution >= 0.6 is 0 Å². The van der Waals surface area contributed by atoms with E-state index >= 15 is 0 Å². The normalized spacial score (nSPS) is 13.8. The number of carbonyl (C=O) groups is 2. The molecule has 0 bridgehead atoms. The number of rotatable bonds is 4. The number of amides is 2. The molecule has 2 amide bonds. The summed E-state index contributed by atoms with van der Waals surface area (Å²) in [5.74, 6) is 0.378. The van der Waals surface area contributed by atoms with Crippen LogP contribution in [-0.2, 0) is 0 Å². The molecule has 1 aliphatic heterocycles. The van der Waals surface area contributed by atoms with Crippen molar-refractivity contribution in [3.8, 4) is 11.8 Å². The summed E-state index contributed by atoms with van der Waals surface area (Å²) in [4.78, 5) is 28.9. The Morgan fingerprint density at radius 3 is 2.33 bits per heavy atom. The van der Waals surface area contributed by atoms with Crippen molar-refractivity contribution < 1.29 is 14.3 Å². The summed E-state index contributed by atoms with van der Waals surface area (Å²) in [6.45, 7) is 4.21. The lowest BCUT2D eigenvalue weighted by atomic mass is 10.1. The minimum atomic E-state index is -0.117. The maximum atomic E-state index is 12.8. The third-order valence-corrected chi connectivity index (χ3v) is 4.51. The maximum absolute atomic E-state index is 12.8. The van der Waals surface area contributed by atoms with E-state index in [4.69, 9.17) is 10.00 Å². The summed E-state index contributed by atoms with van der Waals surface area (Å²) in [6, 6.07) is 15.9. The zero-order valence-electron chi connectivity index (χ0n) is 15.2. The predicted octanol–water partition coefficient (Wildman–Crippen LogP) is 2.56. The number of para-hydroxylation sites is 1. The molecule has 27 heavy (non-hydrogen) atoms. The van der Waals surface area contributed by atoms with Crippen LogP contribution in [0.5, 0.6) is 5.75 Å². The van der Waals surface area contributed by atoms with E-state index in [1.807, 2.05) is 25.1 Å². The molecule has 1 saturated heterocycles. The highest BCUT2D eigenvalue weighted by molar-refractivity contribution is 5.97. The number of nitrogens with zero attached hydrogens (tertiary/aromatic N) is 3. The highest BCUT2D eigenvalue weighted by Gasteiger charge is 2.27. The summed E-state index contributed by atoms with van der Waals surface area (Å²) >= 11 is 0. The molecule has 2 aromatic carbocycles. The average molecular weight is 363 g/mol. The van der Waals surface area contributed by atoms with E-state index < -0.39 is 0 Å². The van der Waals surface area contributed by atoms with Gasteiger partial charge >= 0.3 is 0 Å². The zero-order valence-corrected chi connectivity index (χ0v) is 15.2. The lowest BCUT2D eigenvalue weighted by Crippen LogP contribution is -2.50. The maximum Gasteiger partial charge on any atom is 0.257 e. The number of nitriles is 1. The van der Waals surface area contributed by atoms with Crippen LogP contribution in [0.2, 0.25) is 0 Å². The fourth-order valence-electron chi connectivity index (χ4n) is 3.11. The van der Waals surface area contributed by atoms with Gasteiger partial charge in [-0.1, -0.05) is 18.2 Å². The van der Waals surface area contributed by atoms with Crippen molar-refractivity contribution in [3.05, 3.63) is 65.2 Å². The van der Waals surface area contributed by atoms with Crippen LogP contribution in [0.15, 0.2) is 48.5 Å². The fourth-order valence-corrected chi connectivity index (χ4v) is 3.11. The predicted molar refractivity (Wildman–Crippen MR) is 101 cm³/mol. The van der Waals surface area contributed by atoms with Crippen molar-refractivity contribution in [1.29, 1.82) is 5.26 Å². The Bertz CT molecular complexity index is 880. The molecular weight excluding hydrogens is 342 g/mol. The van der Waals surface area contributed by atoms with Crippen molar-refractivity contribution in [3.63, 3.8) is 0 Å². The van der Waals surface area contributed by atoms with Crippen LogP contribution in [0, 0.1) is 11.3 Å². The Morgan fingerprint density at radius 2 is 1.67 bits per heavy atom. The van der Waals surface area contributed by atoms with E-state index in [0.717, 1.165) is 0 Å². The summed E-state index contributed by atoms with van der Waals surface area (Å²) in [5, 5.41) is 8.99. The lowest BCUT2D eigenvalue weighted by Gasteiger charge is -2.35. The van der Waals surface area contributed by atoms with E-state index in [1.165, 1.54) is 0 Å². The van der Waals surface area contributed by atoms with Crippen molar-refractivity contribution in [2.24, 2.45) is 0 Å². The summed E-state index contributed by atoms with van der Waals surface area (Å²) in [6.07, 6.45) is 0. The Labute approximate surface area is 158 Å². The van der Waals surface area contributed by atoms with E-state index in [2.05, 4.69) is 0 Å². The first-order valence-electron chi connectivity index (χ1n) is 8.94. The van der Waals surface area contributed by atoms with Crippen molar-refractivity contribution in [2.75, 3.05) is 32.8 Å². The third-order valence-electron chi connectivity index (χ3n) is 4.51. The molecule has 0 N–H and O–H groups in total. The first kappa shape index (κ1) is 18.5. The summed E-state index contributed by atoms with van der Waals surface area (Å²) in [7, 11) is 0. The van der Waals surface area contributed by atoms with Crippen molar-refractivity contribution in [1.82, 2.24) is 9.80 Å². The molecule has 1 fully saturated rings. The van der Waals surface area contributed by atoms with Crippen molar-refractivity contribution in [2.45, 2.75) is 6.92 Å². The number of hydrogen-bond acceptors (Lipinski definition) is 4. The van der Waals surface area contributed by atoms with E-state index in [9.17, 15) is 9.59 Å². The molecule has 0 atom stereocenters. The summed E-state index contributed by atoms with van der Waals surface area (Å²) < 4.78 is 5.55. The van der Waals surface area contributed by atoms with Crippen LogP contribution in [0.1, 0.15) is 33.2 Å². The second-order valence-electron chi connectivity index (χ2n) is 6.21. The molecule has 138 valence electrons. The van der Waals surface area contributed by atoms with Gasteiger partial charge in [-0.15, -0.1) is 0 Å². The molecule has 3 rings (SSSR count).